The van der Waals surface area contributed by atoms with Crippen LogP contribution in [0.4, 0.5) is 0 Å². The van der Waals surface area contributed by atoms with Gasteiger partial charge in [0.1, 0.15) is 12.7 Å². The Kier molecular flexibility index (Phi) is 6.21. The first-order chi connectivity index (χ1) is 16.0. The highest BCUT2D eigenvalue weighted by molar-refractivity contribution is 5.72. The third-order valence-corrected chi connectivity index (χ3v) is 9.37. The van der Waals surface area contributed by atoms with Crippen molar-refractivity contribution in [1.29, 1.82) is 0 Å². The van der Waals surface area contributed by atoms with E-state index in [9.17, 15) is 4.79 Å². The van der Waals surface area contributed by atoms with Crippen molar-refractivity contribution in [1.82, 2.24) is 4.98 Å². The molecule has 0 bridgehead atoms. The number of carbonyl (C=O) groups is 1. The maximum atomic E-state index is 12.1. The zero-order valence-electron chi connectivity index (χ0n) is 20.0. The van der Waals surface area contributed by atoms with Crippen LogP contribution in [0, 0.1) is 28.6 Å². The van der Waals surface area contributed by atoms with Gasteiger partial charge < -0.3 is 14.6 Å². The van der Waals surface area contributed by atoms with Gasteiger partial charge in [-0.3, -0.25) is 4.98 Å². The maximum Gasteiger partial charge on any atom is 0.332 e. The molecule has 1 aromatic rings. The van der Waals surface area contributed by atoms with Gasteiger partial charge in [0.2, 0.25) is 0 Å². The number of aliphatic hydroxyl groups excluding tert-OH is 1. The number of fused-ring (bicyclic) bond motifs is 5. The number of pyridine rings is 1. The van der Waals surface area contributed by atoms with Gasteiger partial charge in [0.05, 0.1) is 13.2 Å². The molecule has 0 radical (unpaired) electrons. The van der Waals surface area contributed by atoms with E-state index in [1.807, 2.05) is 12.4 Å². The number of allylic oxidation sites excluding steroid dienone is 3. The highest BCUT2D eigenvalue weighted by Crippen LogP contribution is 2.66. The lowest BCUT2D eigenvalue weighted by Crippen LogP contribution is -2.50. The van der Waals surface area contributed by atoms with E-state index in [1.165, 1.54) is 36.0 Å². The van der Waals surface area contributed by atoms with Gasteiger partial charge in [-0.05, 0) is 84.3 Å². The smallest absolute Gasteiger partial charge is 0.332 e. The van der Waals surface area contributed by atoms with Gasteiger partial charge >= 0.3 is 5.97 Å². The van der Waals surface area contributed by atoms with Crippen LogP contribution in [0.1, 0.15) is 64.4 Å². The minimum absolute atomic E-state index is 0.0507. The predicted octanol–water partition coefficient (Wildman–Crippen LogP) is 4.96. The van der Waals surface area contributed by atoms with Crippen LogP contribution in [-0.4, -0.2) is 42.0 Å². The highest BCUT2D eigenvalue weighted by Gasteiger charge is 2.57. The molecule has 33 heavy (non-hydrogen) atoms. The molecule has 6 atom stereocenters. The van der Waals surface area contributed by atoms with Gasteiger partial charge in [-0.25, -0.2) is 4.79 Å². The van der Waals surface area contributed by atoms with E-state index in [1.54, 1.807) is 0 Å². The van der Waals surface area contributed by atoms with Gasteiger partial charge in [0.15, 0.2) is 0 Å². The Balaban J connectivity index is 1.29. The lowest BCUT2D eigenvalue weighted by molar-refractivity contribution is -0.157. The molecule has 1 N–H and O–H groups in total. The van der Waals surface area contributed by atoms with Crippen molar-refractivity contribution in [2.75, 3.05) is 19.8 Å². The summed E-state index contributed by atoms with van der Waals surface area (Å²) in [5.41, 5.74) is 4.78. The van der Waals surface area contributed by atoms with Gasteiger partial charge in [0, 0.05) is 18.8 Å². The van der Waals surface area contributed by atoms with Gasteiger partial charge in [0.25, 0.3) is 0 Å². The quantitative estimate of drug-likeness (QED) is 0.376. The van der Waals surface area contributed by atoms with E-state index in [2.05, 4.69) is 43.1 Å². The summed E-state index contributed by atoms with van der Waals surface area (Å²) in [5.74, 6) is 1.80. The second kappa shape index (κ2) is 8.99. The van der Waals surface area contributed by atoms with Crippen molar-refractivity contribution in [2.24, 2.45) is 28.6 Å². The summed E-state index contributed by atoms with van der Waals surface area (Å²) in [7, 11) is 0. The van der Waals surface area contributed by atoms with Crippen molar-refractivity contribution >= 4 is 11.5 Å². The van der Waals surface area contributed by atoms with E-state index >= 15 is 0 Å². The number of aromatic nitrogens is 1. The fourth-order valence-electron chi connectivity index (χ4n) is 7.71. The molecule has 4 aliphatic rings. The number of ether oxygens (including phenoxy) is 2. The first-order valence-corrected chi connectivity index (χ1v) is 12.6. The molecule has 1 aromatic heterocycles. The standard InChI is InChI=1S/C28H37NO4/c1-27-11-9-21(33-26(31)18-32-15-14-30)16-20(27)5-6-22-24-8-7-23(19-4-3-13-29-17-19)28(24,2)12-10-25(22)27/h3-5,7,13,17,21-22,24-25,30H,6,8-12,14-16,18H2,1-2H3/t21-,22?,24?,25?,27?,28?/m0/s1. The molecule has 2 saturated carbocycles. The molecule has 5 unspecified atom stereocenters. The van der Waals surface area contributed by atoms with Crippen molar-refractivity contribution < 1.29 is 19.4 Å². The number of carbonyl (C=O) groups excluding carboxylic acids is 1. The molecular weight excluding hydrogens is 414 g/mol. The largest absolute Gasteiger partial charge is 0.460 e. The van der Waals surface area contributed by atoms with Crippen LogP contribution in [0.5, 0.6) is 0 Å². The van der Waals surface area contributed by atoms with E-state index in [0.29, 0.717) is 17.8 Å². The SMILES string of the molecule is CC12CC[C@H](OC(=O)COCCO)CC1=CCC1C2CCC2(C)C(c3cccnc3)=CCC12. The maximum absolute atomic E-state index is 12.1. The molecule has 5 heteroatoms. The van der Waals surface area contributed by atoms with Gasteiger partial charge in [-0.1, -0.05) is 37.6 Å². The lowest BCUT2D eigenvalue weighted by atomic mass is 9.47. The molecule has 2 fully saturated rings. The Bertz CT molecular complexity index is 940. The molecule has 1 heterocycles. The molecule has 178 valence electrons. The zero-order valence-corrected chi connectivity index (χ0v) is 20.0. The van der Waals surface area contributed by atoms with Crippen LogP contribution in [0.25, 0.3) is 5.57 Å². The van der Waals surface area contributed by atoms with Crippen LogP contribution in [-0.2, 0) is 14.3 Å². The summed E-state index contributed by atoms with van der Waals surface area (Å²) in [6.07, 6.45) is 16.5. The molecule has 0 spiro atoms. The molecule has 5 nitrogen and oxygen atoms in total. The minimum atomic E-state index is -0.320. The number of hydrogen-bond donors (Lipinski definition) is 1. The van der Waals surface area contributed by atoms with Gasteiger partial charge in [-0.15, -0.1) is 0 Å². The number of hydrogen-bond acceptors (Lipinski definition) is 5. The summed E-state index contributed by atoms with van der Waals surface area (Å²) < 4.78 is 10.8. The normalized spacial score (nSPS) is 37.3. The van der Waals surface area contributed by atoms with Crippen molar-refractivity contribution in [3.63, 3.8) is 0 Å². The molecular formula is C28H37NO4. The Hall–Kier alpha value is -1.98. The molecule has 0 saturated heterocycles. The predicted molar refractivity (Wildman–Crippen MR) is 127 cm³/mol. The summed E-state index contributed by atoms with van der Waals surface area (Å²) >= 11 is 0. The number of aliphatic hydroxyl groups is 1. The van der Waals surface area contributed by atoms with Crippen LogP contribution < -0.4 is 0 Å². The average molecular weight is 452 g/mol. The lowest BCUT2D eigenvalue weighted by Gasteiger charge is -2.57. The van der Waals surface area contributed by atoms with Crippen LogP contribution in [0.2, 0.25) is 0 Å². The third kappa shape index (κ3) is 3.97. The molecule has 0 amide bonds. The monoisotopic (exact) mass is 451 g/mol. The number of esters is 1. The summed E-state index contributed by atoms with van der Waals surface area (Å²) in [4.78, 5) is 16.5. The summed E-state index contributed by atoms with van der Waals surface area (Å²) in [6.45, 7) is 4.99. The van der Waals surface area contributed by atoms with Crippen molar-refractivity contribution in [3.8, 4) is 0 Å². The molecule has 0 aliphatic heterocycles. The van der Waals surface area contributed by atoms with E-state index in [0.717, 1.165) is 25.7 Å². The van der Waals surface area contributed by atoms with Crippen LogP contribution in [0.3, 0.4) is 0 Å². The Morgan fingerprint density at radius 3 is 2.79 bits per heavy atom. The summed E-state index contributed by atoms with van der Waals surface area (Å²) in [5, 5.41) is 8.81. The van der Waals surface area contributed by atoms with Crippen LogP contribution >= 0.6 is 0 Å². The second-order valence-electron chi connectivity index (χ2n) is 10.9. The fourth-order valence-corrected chi connectivity index (χ4v) is 7.71. The Morgan fingerprint density at radius 1 is 1.15 bits per heavy atom. The minimum Gasteiger partial charge on any atom is -0.460 e. The molecule has 0 aromatic carbocycles. The molecule has 5 rings (SSSR count). The number of nitrogens with zero attached hydrogens (tertiary/aromatic N) is 1. The highest BCUT2D eigenvalue weighted by atomic mass is 16.6. The second-order valence-corrected chi connectivity index (χ2v) is 10.9. The average Bonchev–Trinajstić information content (AvgIpc) is 3.17. The Morgan fingerprint density at radius 2 is 2.00 bits per heavy atom. The van der Waals surface area contributed by atoms with Crippen molar-refractivity contribution in [2.45, 2.75) is 64.9 Å². The van der Waals surface area contributed by atoms with E-state index in [4.69, 9.17) is 14.6 Å². The topological polar surface area (TPSA) is 68.7 Å². The Labute approximate surface area is 197 Å². The van der Waals surface area contributed by atoms with E-state index in [-0.39, 0.29) is 42.7 Å². The summed E-state index contributed by atoms with van der Waals surface area (Å²) in [6, 6.07) is 4.27. The zero-order chi connectivity index (χ0) is 23.1. The first kappa shape index (κ1) is 22.8. The first-order valence-electron chi connectivity index (χ1n) is 12.6. The fraction of sp³-hybridized carbons (Fsp3) is 0.643. The third-order valence-electron chi connectivity index (χ3n) is 9.37. The van der Waals surface area contributed by atoms with Crippen molar-refractivity contribution in [3.05, 3.63) is 47.8 Å². The van der Waals surface area contributed by atoms with Crippen LogP contribution in [0.15, 0.2) is 42.3 Å². The van der Waals surface area contributed by atoms with Gasteiger partial charge in [-0.2, -0.15) is 0 Å². The number of rotatable bonds is 6. The van der Waals surface area contributed by atoms with E-state index < -0.39 is 0 Å². The molecule has 4 aliphatic carbocycles.